The largest absolute Gasteiger partial charge is 0.488 e. The van der Waals surface area contributed by atoms with E-state index in [0.29, 0.717) is 99.9 Å². The number of anilines is 3. The van der Waals surface area contributed by atoms with Crippen LogP contribution in [-0.4, -0.2) is 77.6 Å². The van der Waals surface area contributed by atoms with Crippen molar-refractivity contribution < 1.29 is 58.2 Å². The molecule has 0 saturated heterocycles. The van der Waals surface area contributed by atoms with Gasteiger partial charge in [0.15, 0.2) is 51.6 Å². The van der Waals surface area contributed by atoms with Crippen molar-refractivity contribution in [3.8, 4) is 84.4 Å². The third-order valence-electron chi connectivity index (χ3n) is 20.4. The maximum absolute atomic E-state index is 15.0. The summed E-state index contributed by atoms with van der Waals surface area (Å²) in [5, 5.41) is 16.2. The molecule has 3 atom stereocenters. The molecule has 0 amide bonds. The van der Waals surface area contributed by atoms with Gasteiger partial charge in [-0.25, -0.2) is 74.7 Å². The number of para-hydroxylation sites is 2. The molecule has 6 N–H and O–H groups in total. The van der Waals surface area contributed by atoms with Crippen molar-refractivity contribution in [2.24, 2.45) is 0 Å². The number of fused-ring (bicyclic) bond motifs is 6. The summed E-state index contributed by atoms with van der Waals surface area (Å²) in [5.74, 6) is -2.53. The molecule has 1 unspecified atom stereocenters. The van der Waals surface area contributed by atoms with Crippen molar-refractivity contribution in [3.05, 3.63) is 302 Å². The number of nitrogens with two attached hydrogens (primary N) is 3. The smallest absolute Gasteiger partial charge is 0.200 e. The lowest BCUT2D eigenvalue weighted by molar-refractivity contribution is 0.231. The van der Waals surface area contributed by atoms with Gasteiger partial charge in [-0.2, -0.15) is 15.3 Å². The fourth-order valence-corrected chi connectivity index (χ4v) is 14.9. The van der Waals surface area contributed by atoms with Crippen LogP contribution in [0.5, 0.6) is 17.2 Å². The van der Waals surface area contributed by atoms with E-state index in [0.717, 1.165) is 6.07 Å². The Hall–Kier alpha value is -15.4. The summed E-state index contributed by atoms with van der Waals surface area (Å²) in [5.41, 5.74) is 23.1. The lowest BCUT2D eigenvalue weighted by atomic mass is 9.99. The number of aromatic nitrogens is 12. The first-order chi connectivity index (χ1) is 59.6. The molecular weight excluding hydrogens is 1600 g/mol. The van der Waals surface area contributed by atoms with Crippen molar-refractivity contribution >= 4 is 83.5 Å². The van der Waals surface area contributed by atoms with E-state index >= 15 is 0 Å². The fraction of sp³-hybridized carbons (Fsp3) is 0.161. The van der Waals surface area contributed by atoms with Crippen LogP contribution in [0.1, 0.15) is 97.7 Å². The van der Waals surface area contributed by atoms with E-state index in [9.17, 15) is 45.1 Å². The Morgan fingerprint density at radius 1 is 0.315 bits per heavy atom. The van der Waals surface area contributed by atoms with Crippen molar-refractivity contribution in [1.29, 1.82) is 0 Å². The summed E-state index contributed by atoms with van der Waals surface area (Å²) >= 11 is 0. The zero-order valence-corrected chi connectivity index (χ0v) is 67.6. The van der Waals surface area contributed by atoms with Crippen molar-refractivity contribution in [1.82, 2.24) is 59.2 Å². The fourth-order valence-electron chi connectivity index (χ4n) is 14.9. The van der Waals surface area contributed by atoms with Crippen LogP contribution in [0.2, 0.25) is 0 Å². The van der Waals surface area contributed by atoms with E-state index in [4.69, 9.17) is 60.0 Å². The van der Waals surface area contributed by atoms with E-state index < -0.39 is 64.3 Å². The first-order valence-electron chi connectivity index (χ1n) is 39.1. The highest BCUT2D eigenvalue weighted by molar-refractivity contribution is 6.01. The highest BCUT2D eigenvalue weighted by atomic mass is 19.2. The Morgan fingerprint density at radius 2 is 0.613 bits per heavy atom. The van der Waals surface area contributed by atoms with Gasteiger partial charge in [0.1, 0.15) is 129 Å². The summed E-state index contributed by atoms with van der Waals surface area (Å²) in [6, 6.07) is 45.6. The van der Waals surface area contributed by atoms with Crippen LogP contribution < -0.4 is 47.7 Å². The number of ether oxygens (including phenoxy) is 3. The minimum Gasteiger partial charge on any atom is -0.488 e. The maximum atomic E-state index is 15.0. The minimum atomic E-state index is -0.815. The van der Waals surface area contributed by atoms with Gasteiger partial charge in [-0.05, 0) is 212 Å². The Kier molecular flexibility index (Phi) is 22.3. The van der Waals surface area contributed by atoms with E-state index in [-0.39, 0.29) is 114 Å². The molecule has 0 bridgehead atoms. The second-order valence-electron chi connectivity index (χ2n) is 29.9. The summed E-state index contributed by atoms with van der Waals surface area (Å²) in [4.78, 5) is 66.9. The van der Waals surface area contributed by atoms with Gasteiger partial charge in [-0.15, -0.1) is 0 Å². The van der Waals surface area contributed by atoms with Crippen LogP contribution >= 0.6 is 0 Å². The normalized spacial score (nSPS) is 12.3. The number of hydrogen-bond donors (Lipinski definition) is 3. The second-order valence-corrected chi connectivity index (χ2v) is 29.9. The Labute approximate surface area is 699 Å². The molecule has 0 saturated carbocycles. The molecule has 0 aliphatic rings. The average molecular weight is 1680 g/mol. The van der Waals surface area contributed by atoms with E-state index in [1.54, 1.807) is 129 Å². The van der Waals surface area contributed by atoms with Crippen molar-refractivity contribution in [2.75, 3.05) is 17.2 Å². The standard InChI is InChI=1S/C31H24F3N5O3.2C31H25F2N5O3/c1-15(2)41-24-9-7-18(12-22(24)34)27-26-30(35)36-14-37-31(26)39(38-27)16(3)29-25(17-5-4-6-19(32)11-17)28(40)21-13-20(33)8-10-23(21)42-29;2*1-16(2)40-24-12-11-19(14-22(24)33)27-26-30(34)35-15-36-31(26)38(37-27)17(3)29-25(18-7-6-8-20(32)13-18)28(39)21-9-4-5-10-23(21)41-29/h4-16H,1-3H3,(H2,35,36,37);2*4-17H,1-3H3,(H2,34,35,36)/t;2*17-/m.10/s1. The average Bonchev–Trinajstić information content (AvgIpc) is 1.73. The van der Waals surface area contributed by atoms with E-state index in [1.807, 2.05) is 27.7 Å². The van der Waals surface area contributed by atoms with Gasteiger partial charge >= 0.3 is 0 Å². The topological polar surface area (TPSA) is 327 Å². The Bertz CT molecular complexity index is 7150. The van der Waals surface area contributed by atoms with Crippen molar-refractivity contribution in [3.63, 3.8) is 0 Å². The first kappa shape index (κ1) is 82.3. The number of benzene rings is 9. The molecule has 0 radical (unpaired) electrons. The van der Waals surface area contributed by atoms with E-state index in [2.05, 4.69) is 29.9 Å². The molecule has 31 heteroatoms. The molecule has 0 fully saturated rings. The number of nitrogens with zero attached hydrogens (tertiary/aromatic N) is 12. The molecular formula is C93H74F7N15O9. The number of nitrogen functional groups attached to an aromatic ring is 3. The Balaban J connectivity index is 0.000000137. The van der Waals surface area contributed by atoms with Crippen LogP contribution in [0.3, 0.4) is 0 Å². The molecule has 18 aromatic rings. The molecule has 0 aliphatic heterocycles. The first-order valence-corrected chi connectivity index (χ1v) is 39.1. The lowest BCUT2D eigenvalue weighted by Gasteiger charge is -2.17. The molecule has 0 spiro atoms. The molecule has 124 heavy (non-hydrogen) atoms. The van der Waals surface area contributed by atoms with Gasteiger partial charge in [0.25, 0.3) is 0 Å². The van der Waals surface area contributed by atoms with E-state index in [1.165, 1.54) is 127 Å². The predicted molar refractivity (Wildman–Crippen MR) is 458 cm³/mol. The van der Waals surface area contributed by atoms with Crippen LogP contribution in [0.4, 0.5) is 48.2 Å². The van der Waals surface area contributed by atoms with Crippen molar-refractivity contribution in [2.45, 2.75) is 98.8 Å². The van der Waals surface area contributed by atoms with Gasteiger partial charge in [0.05, 0.1) is 67.3 Å². The number of rotatable bonds is 18. The maximum Gasteiger partial charge on any atom is 0.200 e. The monoisotopic (exact) mass is 1680 g/mol. The molecule has 624 valence electrons. The second kappa shape index (κ2) is 33.6. The highest BCUT2D eigenvalue weighted by Crippen LogP contribution is 2.43. The summed E-state index contributed by atoms with van der Waals surface area (Å²) in [7, 11) is 0. The lowest BCUT2D eigenvalue weighted by Crippen LogP contribution is -2.16. The third kappa shape index (κ3) is 15.8. The zero-order chi connectivity index (χ0) is 87.4. The van der Waals surface area contributed by atoms with Crippen LogP contribution in [0.25, 0.3) is 133 Å². The van der Waals surface area contributed by atoms with Crippen LogP contribution in [0.15, 0.2) is 241 Å². The number of hydrogen-bond acceptors (Lipinski definition) is 21. The number of halogens is 7. The van der Waals surface area contributed by atoms with Gasteiger partial charge in [-0.3, -0.25) is 14.4 Å². The molecule has 9 aromatic carbocycles. The predicted octanol–water partition coefficient (Wildman–Crippen LogP) is 19.7. The summed E-state index contributed by atoms with van der Waals surface area (Å²) < 4.78 is 142. The third-order valence-corrected chi connectivity index (χ3v) is 20.4. The highest BCUT2D eigenvalue weighted by Gasteiger charge is 2.33. The van der Waals surface area contributed by atoms with Gasteiger partial charge < -0.3 is 44.7 Å². The van der Waals surface area contributed by atoms with Gasteiger partial charge in [0.2, 0.25) is 16.3 Å². The van der Waals surface area contributed by atoms with Gasteiger partial charge in [0, 0.05) is 16.7 Å². The quantitative estimate of drug-likeness (QED) is 0.0672. The molecule has 9 aromatic heterocycles. The Morgan fingerprint density at radius 3 is 0.919 bits per heavy atom. The van der Waals surface area contributed by atoms with Crippen LogP contribution in [0, 0.1) is 40.7 Å². The molecule has 24 nitrogen and oxygen atoms in total. The zero-order valence-electron chi connectivity index (χ0n) is 67.6. The molecule has 18 rings (SSSR count). The van der Waals surface area contributed by atoms with Crippen LogP contribution in [-0.2, 0) is 0 Å². The summed E-state index contributed by atoms with van der Waals surface area (Å²) in [6.07, 6.45) is 3.23. The van der Waals surface area contributed by atoms with Gasteiger partial charge in [-0.1, -0.05) is 60.7 Å². The summed E-state index contributed by atoms with van der Waals surface area (Å²) in [6.45, 7) is 16.1. The molecule has 9 heterocycles. The molecule has 0 aliphatic carbocycles. The SMILES string of the molecule is CC(C)Oc1ccc(-c2nn(C(C)c3oc4ccc(F)cc4c(=O)c3-c3cccc(F)c3)c3ncnc(N)c23)cc1F.CC(C)Oc1ccc(-c2nn([C@@H](C)c3oc4ccccc4c(=O)c3-c3cccc(F)c3)c3ncnc(N)c23)cc1F.CC(C)Oc1ccc(-c2nn([C@H](C)c3oc4ccccc4c(=O)c3-c3cccc(F)c3)c3ncnc(N)c23)cc1F. The minimum absolute atomic E-state index is 0.00183.